The van der Waals surface area contributed by atoms with Gasteiger partial charge in [0.2, 0.25) is 0 Å². The van der Waals surface area contributed by atoms with Crippen LogP contribution in [0, 0.1) is 0 Å². The van der Waals surface area contributed by atoms with Gasteiger partial charge in [-0.05, 0) is 30.2 Å². The first-order valence-corrected chi connectivity index (χ1v) is 7.87. The van der Waals surface area contributed by atoms with Crippen molar-refractivity contribution in [1.82, 2.24) is 10.3 Å². The van der Waals surface area contributed by atoms with E-state index >= 15 is 0 Å². The normalized spacial score (nSPS) is 11.0. The summed E-state index contributed by atoms with van der Waals surface area (Å²) in [4.78, 5) is 5.63. The molecule has 3 nitrogen and oxygen atoms in total. The Morgan fingerprint density at radius 2 is 2.00 bits per heavy atom. The lowest BCUT2D eigenvalue weighted by atomic mass is 10.0. The third-order valence-electron chi connectivity index (χ3n) is 3.06. The van der Waals surface area contributed by atoms with Crippen molar-refractivity contribution >= 4 is 11.3 Å². The highest BCUT2D eigenvalue weighted by molar-refractivity contribution is 7.11. The Morgan fingerprint density at radius 3 is 2.65 bits per heavy atom. The van der Waals surface area contributed by atoms with Crippen molar-refractivity contribution < 1.29 is 4.74 Å². The average molecular weight is 290 g/mol. The molecule has 0 unspecified atom stereocenters. The summed E-state index contributed by atoms with van der Waals surface area (Å²) < 4.78 is 5.77. The summed E-state index contributed by atoms with van der Waals surface area (Å²) in [5, 5.41) is 4.32. The molecule has 2 rings (SSSR count). The van der Waals surface area contributed by atoms with E-state index in [2.05, 4.69) is 43.2 Å². The maximum atomic E-state index is 5.77. The van der Waals surface area contributed by atoms with Crippen LogP contribution in [0.1, 0.15) is 42.1 Å². The van der Waals surface area contributed by atoms with E-state index in [1.807, 2.05) is 18.3 Å². The number of hydrogen-bond donors (Lipinski definition) is 1. The molecular weight excluding hydrogens is 268 g/mol. The number of thiazole rings is 1. The molecule has 1 aromatic carbocycles. The third kappa shape index (κ3) is 4.32. The Hall–Kier alpha value is -1.39. The molecule has 0 aliphatic rings. The van der Waals surface area contributed by atoms with Gasteiger partial charge in [0.15, 0.2) is 0 Å². The summed E-state index contributed by atoms with van der Waals surface area (Å²) >= 11 is 1.70. The van der Waals surface area contributed by atoms with Gasteiger partial charge in [-0.1, -0.05) is 32.9 Å². The first-order valence-electron chi connectivity index (χ1n) is 7.06. The fraction of sp³-hybridized carbons (Fsp3) is 0.438. The van der Waals surface area contributed by atoms with Gasteiger partial charge in [-0.2, -0.15) is 0 Å². The molecule has 0 amide bonds. The molecule has 108 valence electrons. The second-order valence-electron chi connectivity index (χ2n) is 5.01. The van der Waals surface area contributed by atoms with E-state index < -0.39 is 0 Å². The Bertz CT molecular complexity index is 520. The van der Waals surface area contributed by atoms with Crippen molar-refractivity contribution in [3.63, 3.8) is 0 Å². The fourth-order valence-corrected chi connectivity index (χ4v) is 2.64. The van der Waals surface area contributed by atoms with E-state index in [1.54, 1.807) is 11.3 Å². The molecule has 1 heterocycles. The first kappa shape index (κ1) is 15.0. The predicted octanol–water partition coefficient (Wildman–Crippen LogP) is 3.96. The van der Waals surface area contributed by atoms with Crippen LogP contribution < -0.4 is 10.1 Å². The largest absolute Gasteiger partial charge is 0.486 e. The summed E-state index contributed by atoms with van der Waals surface area (Å²) in [6, 6.07) is 8.31. The highest BCUT2D eigenvalue weighted by Crippen LogP contribution is 2.20. The lowest BCUT2D eigenvalue weighted by Gasteiger charge is -2.07. The Labute approximate surface area is 125 Å². The molecule has 2 aromatic rings. The smallest absolute Gasteiger partial charge is 0.140 e. The van der Waals surface area contributed by atoms with E-state index in [0.29, 0.717) is 12.5 Å². The Kier molecular flexibility index (Phi) is 5.56. The van der Waals surface area contributed by atoms with Gasteiger partial charge in [0.25, 0.3) is 0 Å². The zero-order chi connectivity index (χ0) is 14.4. The molecule has 0 bridgehead atoms. The zero-order valence-electron chi connectivity index (χ0n) is 12.3. The maximum absolute atomic E-state index is 5.77. The van der Waals surface area contributed by atoms with Gasteiger partial charge in [-0.3, -0.25) is 0 Å². The number of aromatic nitrogens is 1. The van der Waals surface area contributed by atoms with Crippen molar-refractivity contribution in [2.45, 2.75) is 39.8 Å². The van der Waals surface area contributed by atoms with E-state index in [1.165, 1.54) is 10.4 Å². The van der Waals surface area contributed by atoms with E-state index in [4.69, 9.17) is 4.74 Å². The van der Waals surface area contributed by atoms with Crippen molar-refractivity contribution in [2.75, 3.05) is 6.54 Å². The molecule has 0 spiro atoms. The van der Waals surface area contributed by atoms with Crippen LogP contribution in [0.15, 0.2) is 30.5 Å². The molecule has 0 atom stereocenters. The summed E-state index contributed by atoms with van der Waals surface area (Å²) in [6.07, 6.45) is 1.92. The summed E-state index contributed by atoms with van der Waals surface area (Å²) in [5.74, 6) is 1.45. The molecule has 0 saturated carbocycles. The number of rotatable bonds is 7. The van der Waals surface area contributed by atoms with E-state index in [9.17, 15) is 0 Å². The van der Waals surface area contributed by atoms with Gasteiger partial charge >= 0.3 is 0 Å². The van der Waals surface area contributed by atoms with Crippen LogP contribution in [0.4, 0.5) is 0 Å². The molecule has 20 heavy (non-hydrogen) atoms. The molecule has 0 fully saturated rings. The van der Waals surface area contributed by atoms with Crippen molar-refractivity contribution in [3.05, 3.63) is 45.9 Å². The SMILES string of the molecule is CCNCc1cnc(COc2ccc(C(C)C)cc2)s1. The molecular formula is C16H22N2OS. The average Bonchev–Trinajstić information content (AvgIpc) is 2.91. The maximum Gasteiger partial charge on any atom is 0.140 e. The molecule has 4 heteroatoms. The topological polar surface area (TPSA) is 34.2 Å². The fourth-order valence-electron chi connectivity index (χ4n) is 1.84. The summed E-state index contributed by atoms with van der Waals surface area (Å²) in [6.45, 7) is 8.89. The minimum Gasteiger partial charge on any atom is -0.486 e. The van der Waals surface area contributed by atoms with Gasteiger partial charge in [0, 0.05) is 17.6 Å². The minimum absolute atomic E-state index is 0.540. The second kappa shape index (κ2) is 7.41. The second-order valence-corrected chi connectivity index (χ2v) is 6.21. The predicted molar refractivity (Wildman–Crippen MR) is 84.4 cm³/mol. The van der Waals surface area contributed by atoms with Crippen LogP contribution in [-0.4, -0.2) is 11.5 Å². The van der Waals surface area contributed by atoms with Gasteiger partial charge in [0.1, 0.15) is 17.4 Å². The zero-order valence-corrected chi connectivity index (χ0v) is 13.2. The molecule has 1 aromatic heterocycles. The lowest BCUT2D eigenvalue weighted by molar-refractivity contribution is 0.305. The van der Waals surface area contributed by atoms with Crippen molar-refractivity contribution in [2.24, 2.45) is 0 Å². The minimum atomic E-state index is 0.540. The number of hydrogen-bond acceptors (Lipinski definition) is 4. The highest BCUT2D eigenvalue weighted by Gasteiger charge is 2.04. The van der Waals surface area contributed by atoms with Gasteiger partial charge in [-0.15, -0.1) is 11.3 Å². The van der Waals surface area contributed by atoms with Crippen molar-refractivity contribution in [1.29, 1.82) is 0 Å². The van der Waals surface area contributed by atoms with E-state index in [0.717, 1.165) is 23.8 Å². The number of benzene rings is 1. The summed E-state index contributed by atoms with van der Waals surface area (Å²) in [7, 11) is 0. The van der Waals surface area contributed by atoms with Crippen LogP contribution in [0.25, 0.3) is 0 Å². The number of nitrogens with zero attached hydrogens (tertiary/aromatic N) is 1. The van der Waals surface area contributed by atoms with Crippen LogP contribution >= 0.6 is 11.3 Å². The molecule has 0 aliphatic heterocycles. The Balaban J connectivity index is 1.86. The third-order valence-corrected chi connectivity index (χ3v) is 4.03. The van der Waals surface area contributed by atoms with Crippen LogP contribution in [0.2, 0.25) is 0 Å². The van der Waals surface area contributed by atoms with Crippen molar-refractivity contribution in [3.8, 4) is 5.75 Å². The Morgan fingerprint density at radius 1 is 1.25 bits per heavy atom. The monoisotopic (exact) mass is 290 g/mol. The van der Waals surface area contributed by atoms with Gasteiger partial charge < -0.3 is 10.1 Å². The highest BCUT2D eigenvalue weighted by atomic mass is 32.1. The lowest BCUT2D eigenvalue weighted by Crippen LogP contribution is -2.10. The van der Waals surface area contributed by atoms with Crippen LogP contribution in [0.5, 0.6) is 5.75 Å². The first-order chi connectivity index (χ1) is 9.69. The molecule has 0 aliphatic carbocycles. The number of ether oxygens (including phenoxy) is 1. The van der Waals surface area contributed by atoms with Gasteiger partial charge in [0.05, 0.1) is 0 Å². The van der Waals surface area contributed by atoms with Crippen LogP contribution in [-0.2, 0) is 13.2 Å². The molecule has 0 radical (unpaired) electrons. The summed E-state index contributed by atoms with van der Waals surface area (Å²) in [5.41, 5.74) is 1.33. The molecule has 1 N–H and O–H groups in total. The number of nitrogens with one attached hydrogen (secondary N) is 1. The van der Waals surface area contributed by atoms with Crippen LogP contribution in [0.3, 0.4) is 0 Å². The van der Waals surface area contributed by atoms with Gasteiger partial charge in [-0.25, -0.2) is 4.98 Å². The quantitative estimate of drug-likeness (QED) is 0.838. The standard InChI is InChI=1S/C16H22N2OS/c1-4-17-9-15-10-18-16(20-15)11-19-14-7-5-13(6-8-14)12(2)3/h5-8,10,12,17H,4,9,11H2,1-3H3. The molecule has 0 saturated heterocycles. The van der Waals surface area contributed by atoms with E-state index in [-0.39, 0.29) is 0 Å².